The number of aryl methyl sites for hydroxylation is 1. The van der Waals surface area contributed by atoms with Crippen LogP contribution in [0.25, 0.3) is 0 Å². The van der Waals surface area contributed by atoms with Crippen LogP contribution < -0.4 is 5.32 Å². The number of nitrogens with one attached hydrogen (secondary N) is 1. The number of likely N-dealkylation sites (N-methyl/N-ethyl adjacent to an activating group) is 1. The quantitative estimate of drug-likeness (QED) is 0.868. The van der Waals surface area contributed by atoms with Gasteiger partial charge in [-0.25, -0.2) is 4.39 Å². The van der Waals surface area contributed by atoms with Gasteiger partial charge in [-0.1, -0.05) is 22.0 Å². The van der Waals surface area contributed by atoms with Gasteiger partial charge in [-0.2, -0.15) is 0 Å². The summed E-state index contributed by atoms with van der Waals surface area (Å²) in [4.78, 5) is 4.32. The summed E-state index contributed by atoms with van der Waals surface area (Å²) in [5, 5.41) is 3.29. The number of pyridine rings is 1. The highest BCUT2D eigenvalue weighted by Crippen LogP contribution is 2.17. The summed E-state index contributed by atoms with van der Waals surface area (Å²) in [5.41, 5.74) is 2.09. The molecule has 0 fully saturated rings. The van der Waals surface area contributed by atoms with Crippen molar-refractivity contribution in [2.45, 2.75) is 25.3 Å². The van der Waals surface area contributed by atoms with Crippen LogP contribution in [0.2, 0.25) is 0 Å². The summed E-state index contributed by atoms with van der Waals surface area (Å²) in [7, 11) is 1.94. The second kappa shape index (κ2) is 7.50. The molecule has 1 aromatic heterocycles. The fraction of sp³-hybridized carbons (Fsp3) is 0.312. The third kappa shape index (κ3) is 4.69. The van der Waals surface area contributed by atoms with Crippen molar-refractivity contribution >= 4 is 15.9 Å². The smallest absolute Gasteiger partial charge is 0.124 e. The van der Waals surface area contributed by atoms with Gasteiger partial charge in [0, 0.05) is 22.4 Å². The van der Waals surface area contributed by atoms with Gasteiger partial charge in [0.05, 0.1) is 0 Å². The molecule has 0 saturated heterocycles. The summed E-state index contributed by atoms with van der Waals surface area (Å²) >= 11 is 3.33. The van der Waals surface area contributed by atoms with E-state index in [1.807, 2.05) is 37.5 Å². The van der Waals surface area contributed by atoms with E-state index < -0.39 is 0 Å². The molecule has 2 nitrogen and oxygen atoms in total. The Labute approximate surface area is 127 Å². The molecule has 1 heterocycles. The van der Waals surface area contributed by atoms with E-state index in [4.69, 9.17) is 0 Å². The average Bonchev–Trinajstić information content (AvgIpc) is 2.43. The lowest BCUT2D eigenvalue weighted by atomic mass is 10.0. The zero-order valence-electron chi connectivity index (χ0n) is 11.4. The Morgan fingerprint density at radius 2 is 2.15 bits per heavy atom. The Hall–Kier alpha value is -1.26. The minimum Gasteiger partial charge on any atom is -0.317 e. The monoisotopic (exact) mass is 336 g/mol. The fourth-order valence-corrected chi connectivity index (χ4v) is 2.74. The van der Waals surface area contributed by atoms with E-state index in [0.717, 1.165) is 35.0 Å². The van der Waals surface area contributed by atoms with Crippen LogP contribution in [0, 0.1) is 5.82 Å². The normalized spacial score (nSPS) is 12.3. The number of hydrogen-bond donors (Lipinski definition) is 1. The molecule has 0 bridgehead atoms. The van der Waals surface area contributed by atoms with Gasteiger partial charge in [0.2, 0.25) is 0 Å². The molecule has 4 heteroatoms. The minimum absolute atomic E-state index is 0.200. The highest BCUT2D eigenvalue weighted by atomic mass is 79.9. The number of nitrogens with zero attached hydrogens (tertiary/aromatic N) is 1. The van der Waals surface area contributed by atoms with Gasteiger partial charge >= 0.3 is 0 Å². The van der Waals surface area contributed by atoms with Crippen molar-refractivity contribution in [2.24, 2.45) is 0 Å². The van der Waals surface area contributed by atoms with Gasteiger partial charge in [0.25, 0.3) is 0 Å². The second-order valence-corrected chi connectivity index (χ2v) is 5.74. The van der Waals surface area contributed by atoms with E-state index >= 15 is 0 Å². The van der Waals surface area contributed by atoms with Gasteiger partial charge < -0.3 is 5.32 Å². The summed E-state index contributed by atoms with van der Waals surface area (Å²) in [5.74, 6) is -0.200. The van der Waals surface area contributed by atoms with Crippen LogP contribution in [-0.2, 0) is 12.8 Å². The number of hydrogen-bond acceptors (Lipinski definition) is 2. The molecule has 20 heavy (non-hydrogen) atoms. The van der Waals surface area contributed by atoms with Crippen molar-refractivity contribution in [3.8, 4) is 0 Å². The molecule has 2 rings (SSSR count). The summed E-state index contributed by atoms with van der Waals surface area (Å²) in [6.45, 7) is 0. The molecule has 106 valence electrons. The molecule has 0 saturated carbocycles. The molecule has 1 atom stereocenters. The van der Waals surface area contributed by atoms with Crippen molar-refractivity contribution < 1.29 is 4.39 Å². The third-order valence-corrected chi connectivity index (χ3v) is 3.75. The maximum atomic E-state index is 13.4. The molecule has 1 unspecified atom stereocenters. The Morgan fingerprint density at radius 1 is 1.30 bits per heavy atom. The van der Waals surface area contributed by atoms with Crippen LogP contribution in [0.4, 0.5) is 4.39 Å². The molecule has 1 aromatic carbocycles. The Kier molecular flexibility index (Phi) is 5.68. The predicted molar refractivity (Wildman–Crippen MR) is 83.2 cm³/mol. The first-order valence-electron chi connectivity index (χ1n) is 6.69. The molecule has 0 spiro atoms. The Bertz CT molecular complexity index is 525. The third-order valence-electron chi connectivity index (χ3n) is 3.29. The van der Waals surface area contributed by atoms with Gasteiger partial charge in [0.1, 0.15) is 5.82 Å². The highest BCUT2D eigenvalue weighted by molar-refractivity contribution is 9.10. The Balaban J connectivity index is 1.95. The Morgan fingerprint density at radius 3 is 2.80 bits per heavy atom. The number of halogens is 2. The minimum atomic E-state index is -0.200. The van der Waals surface area contributed by atoms with Crippen LogP contribution in [0.1, 0.15) is 17.7 Å². The van der Waals surface area contributed by atoms with E-state index in [-0.39, 0.29) is 5.82 Å². The highest BCUT2D eigenvalue weighted by Gasteiger charge is 2.09. The van der Waals surface area contributed by atoms with Crippen LogP contribution in [0.15, 0.2) is 47.1 Å². The molecule has 0 aliphatic carbocycles. The zero-order chi connectivity index (χ0) is 14.4. The molecule has 0 aliphatic heterocycles. The SMILES string of the molecule is CNC(CCc1ccccn1)Cc1cc(F)cc(Br)c1. The summed E-state index contributed by atoms with van der Waals surface area (Å²) < 4.78 is 14.2. The number of aromatic nitrogens is 1. The molecular formula is C16H18BrFN2. The molecular weight excluding hydrogens is 319 g/mol. The van der Waals surface area contributed by atoms with Crippen molar-refractivity contribution in [1.29, 1.82) is 0 Å². The number of rotatable bonds is 6. The van der Waals surface area contributed by atoms with Gasteiger partial charge in [0.15, 0.2) is 0 Å². The maximum absolute atomic E-state index is 13.4. The maximum Gasteiger partial charge on any atom is 0.124 e. The van der Waals surface area contributed by atoms with Crippen molar-refractivity contribution in [1.82, 2.24) is 10.3 Å². The van der Waals surface area contributed by atoms with E-state index in [1.165, 1.54) is 6.07 Å². The lowest BCUT2D eigenvalue weighted by Gasteiger charge is -2.16. The van der Waals surface area contributed by atoms with Crippen molar-refractivity contribution in [3.63, 3.8) is 0 Å². The van der Waals surface area contributed by atoms with Gasteiger partial charge in [-0.15, -0.1) is 0 Å². The topological polar surface area (TPSA) is 24.9 Å². The van der Waals surface area contributed by atoms with Gasteiger partial charge in [-0.05, 0) is 62.2 Å². The summed E-state index contributed by atoms with van der Waals surface area (Å²) in [6.07, 6.45) is 4.51. The fourth-order valence-electron chi connectivity index (χ4n) is 2.23. The lowest BCUT2D eigenvalue weighted by molar-refractivity contribution is 0.515. The van der Waals surface area contributed by atoms with E-state index in [0.29, 0.717) is 6.04 Å². The van der Waals surface area contributed by atoms with Crippen LogP contribution in [0.5, 0.6) is 0 Å². The number of benzene rings is 1. The average molecular weight is 337 g/mol. The van der Waals surface area contributed by atoms with Crippen molar-refractivity contribution in [3.05, 3.63) is 64.1 Å². The van der Waals surface area contributed by atoms with E-state index in [1.54, 1.807) is 6.07 Å². The van der Waals surface area contributed by atoms with Crippen molar-refractivity contribution in [2.75, 3.05) is 7.05 Å². The first-order chi connectivity index (χ1) is 9.67. The summed E-state index contributed by atoms with van der Waals surface area (Å²) in [6, 6.07) is 11.3. The van der Waals surface area contributed by atoms with Gasteiger partial charge in [-0.3, -0.25) is 4.98 Å². The predicted octanol–water partition coefficient (Wildman–Crippen LogP) is 3.75. The van der Waals surface area contributed by atoms with E-state index in [2.05, 4.69) is 26.2 Å². The van der Waals surface area contributed by atoms with E-state index in [9.17, 15) is 4.39 Å². The molecule has 2 aromatic rings. The first kappa shape index (κ1) is 15.1. The molecule has 1 N–H and O–H groups in total. The lowest BCUT2D eigenvalue weighted by Crippen LogP contribution is -2.28. The van der Waals surface area contributed by atoms with Crippen LogP contribution >= 0.6 is 15.9 Å². The second-order valence-electron chi connectivity index (χ2n) is 4.83. The van der Waals surface area contributed by atoms with Crippen LogP contribution in [-0.4, -0.2) is 18.1 Å². The standard InChI is InChI=1S/C16H18BrFN2/c1-19-16(6-5-15-4-2-3-7-20-15)10-12-8-13(17)11-14(18)9-12/h2-4,7-9,11,16,19H,5-6,10H2,1H3. The molecule has 0 aliphatic rings. The largest absolute Gasteiger partial charge is 0.317 e. The first-order valence-corrected chi connectivity index (χ1v) is 7.49. The van der Waals surface area contributed by atoms with Crippen LogP contribution in [0.3, 0.4) is 0 Å². The molecule has 0 amide bonds. The zero-order valence-corrected chi connectivity index (χ0v) is 13.0. The molecule has 0 radical (unpaired) electrons.